The molecule has 0 spiro atoms. The summed E-state index contributed by atoms with van der Waals surface area (Å²) in [6.07, 6.45) is 1.74. The highest BCUT2D eigenvalue weighted by Crippen LogP contribution is 2.22. The molecule has 2 fully saturated rings. The van der Waals surface area contributed by atoms with Crippen LogP contribution in [0.25, 0.3) is 0 Å². The number of hydrogen-bond donors (Lipinski definition) is 1. The summed E-state index contributed by atoms with van der Waals surface area (Å²) in [6, 6.07) is 16.5. The van der Waals surface area contributed by atoms with Crippen molar-refractivity contribution >= 4 is 29.1 Å². The molecule has 2 N–H and O–H groups in total. The molecule has 2 aromatic carbocycles. The summed E-state index contributed by atoms with van der Waals surface area (Å²) in [5.41, 5.74) is 2.61. The van der Waals surface area contributed by atoms with Gasteiger partial charge in [0.15, 0.2) is 6.04 Å². The van der Waals surface area contributed by atoms with Gasteiger partial charge in [-0.2, -0.15) is 0 Å². The van der Waals surface area contributed by atoms with Gasteiger partial charge in [0.2, 0.25) is 11.8 Å². The first-order valence-corrected chi connectivity index (χ1v) is 9.28. The van der Waals surface area contributed by atoms with Crippen molar-refractivity contribution in [1.82, 2.24) is 0 Å². The lowest BCUT2D eigenvalue weighted by atomic mass is 10.1. The summed E-state index contributed by atoms with van der Waals surface area (Å²) in [5.74, 6) is -0.147. The summed E-state index contributed by atoms with van der Waals surface area (Å²) in [5, 5.41) is 1.92. The summed E-state index contributed by atoms with van der Waals surface area (Å²) in [6.45, 7) is 1.39. The molecule has 6 heteroatoms. The zero-order valence-corrected chi connectivity index (χ0v) is 15.0. The van der Waals surface area contributed by atoms with Crippen LogP contribution in [0.2, 0.25) is 0 Å². The second kappa shape index (κ2) is 7.32. The number of quaternary nitrogens is 1. The third-order valence-electron chi connectivity index (χ3n) is 5.16. The normalized spacial score (nSPS) is 20.0. The molecule has 2 aromatic rings. The zero-order valence-electron chi connectivity index (χ0n) is 15.0. The Morgan fingerprint density at radius 2 is 1.63 bits per heavy atom. The van der Waals surface area contributed by atoms with Crippen molar-refractivity contribution < 1.29 is 19.7 Å². The third kappa shape index (κ3) is 3.48. The van der Waals surface area contributed by atoms with Crippen LogP contribution in [0.3, 0.4) is 0 Å². The lowest BCUT2D eigenvalue weighted by Gasteiger charge is -2.16. The molecule has 2 heterocycles. The monoisotopic (exact) mass is 364 g/mol. The number of hydrogen-bond acceptors (Lipinski definition) is 3. The maximum Gasteiger partial charge on any atom is 0.292 e. The third-order valence-corrected chi connectivity index (χ3v) is 5.16. The molecule has 0 aromatic heterocycles. The van der Waals surface area contributed by atoms with E-state index in [4.69, 9.17) is 0 Å². The molecular weight excluding hydrogens is 342 g/mol. The van der Waals surface area contributed by atoms with Crippen molar-refractivity contribution in [2.75, 3.05) is 16.3 Å². The first-order chi connectivity index (χ1) is 13.1. The number of carbonyl (C=O) groups is 3. The second-order valence-electron chi connectivity index (χ2n) is 6.97. The molecule has 0 bridgehead atoms. The number of carbonyl (C=O) groups excluding carboxylic acids is 3. The lowest BCUT2D eigenvalue weighted by molar-refractivity contribution is -0.690. The Kier molecular flexibility index (Phi) is 4.73. The average molecular weight is 364 g/mol. The van der Waals surface area contributed by atoms with Crippen molar-refractivity contribution in [1.29, 1.82) is 0 Å². The highest BCUT2D eigenvalue weighted by Gasteiger charge is 2.42. The summed E-state index contributed by atoms with van der Waals surface area (Å²) in [7, 11) is 0. The van der Waals surface area contributed by atoms with Gasteiger partial charge < -0.3 is 10.2 Å². The van der Waals surface area contributed by atoms with Crippen LogP contribution < -0.4 is 15.1 Å². The van der Waals surface area contributed by atoms with E-state index in [0.29, 0.717) is 18.7 Å². The van der Waals surface area contributed by atoms with Crippen LogP contribution in [0, 0.1) is 0 Å². The standard InChI is InChI=1S/C21H21N3O3/c25-19-7-4-12-23(19)16-10-8-15(9-11-16)14-22-18-13-20(26)24(21(18)27)17-5-2-1-3-6-17/h1-3,5-6,8-11,18,22H,4,7,12-14H2/p+1/t18-/m1/s1. The van der Waals surface area contributed by atoms with E-state index in [2.05, 4.69) is 0 Å². The fourth-order valence-corrected chi connectivity index (χ4v) is 3.70. The van der Waals surface area contributed by atoms with Crippen LogP contribution in [0.4, 0.5) is 11.4 Å². The molecule has 4 rings (SSSR count). The van der Waals surface area contributed by atoms with Gasteiger partial charge in [0, 0.05) is 24.2 Å². The molecule has 138 valence electrons. The van der Waals surface area contributed by atoms with Gasteiger partial charge in [0.25, 0.3) is 5.91 Å². The van der Waals surface area contributed by atoms with Gasteiger partial charge in [-0.25, -0.2) is 4.90 Å². The van der Waals surface area contributed by atoms with Crippen molar-refractivity contribution in [2.24, 2.45) is 0 Å². The molecule has 1 atom stereocenters. The number of rotatable bonds is 5. The topological polar surface area (TPSA) is 74.3 Å². The van der Waals surface area contributed by atoms with E-state index in [9.17, 15) is 14.4 Å². The molecule has 2 saturated heterocycles. The van der Waals surface area contributed by atoms with E-state index >= 15 is 0 Å². The fourth-order valence-electron chi connectivity index (χ4n) is 3.70. The van der Waals surface area contributed by atoms with Crippen molar-refractivity contribution in [3.8, 4) is 0 Å². The highest BCUT2D eigenvalue weighted by atomic mass is 16.2. The van der Waals surface area contributed by atoms with Crippen LogP contribution in [0.15, 0.2) is 54.6 Å². The number of amides is 3. The Labute approximate surface area is 157 Å². The van der Waals surface area contributed by atoms with Crippen molar-refractivity contribution in [3.05, 3.63) is 60.2 Å². The summed E-state index contributed by atoms with van der Waals surface area (Å²) >= 11 is 0. The van der Waals surface area contributed by atoms with Crippen LogP contribution in [-0.4, -0.2) is 30.3 Å². The minimum Gasteiger partial charge on any atom is -0.332 e. The van der Waals surface area contributed by atoms with E-state index < -0.39 is 6.04 Å². The number of nitrogens with zero attached hydrogens (tertiary/aromatic N) is 2. The molecule has 2 aliphatic heterocycles. The Bertz CT molecular complexity index is 864. The number of benzene rings is 2. The fraction of sp³-hybridized carbons (Fsp3) is 0.286. The molecule has 3 amide bonds. The first-order valence-electron chi connectivity index (χ1n) is 9.28. The van der Waals surface area contributed by atoms with Crippen LogP contribution in [-0.2, 0) is 20.9 Å². The lowest BCUT2D eigenvalue weighted by Crippen LogP contribution is -2.90. The summed E-state index contributed by atoms with van der Waals surface area (Å²) in [4.78, 5) is 39.8. The van der Waals surface area contributed by atoms with Gasteiger partial charge in [-0.05, 0) is 30.7 Å². The molecule has 0 unspecified atom stereocenters. The second-order valence-corrected chi connectivity index (χ2v) is 6.97. The van der Waals surface area contributed by atoms with Gasteiger partial charge in [0.05, 0.1) is 12.1 Å². The van der Waals surface area contributed by atoms with E-state index in [-0.39, 0.29) is 24.1 Å². The van der Waals surface area contributed by atoms with Crippen LogP contribution in [0.5, 0.6) is 0 Å². The Hall–Kier alpha value is -2.99. The summed E-state index contributed by atoms with van der Waals surface area (Å²) < 4.78 is 0. The first kappa shape index (κ1) is 17.4. The van der Waals surface area contributed by atoms with E-state index in [1.54, 1.807) is 12.1 Å². The van der Waals surface area contributed by atoms with Crippen LogP contribution >= 0.6 is 0 Å². The molecule has 0 saturated carbocycles. The predicted molar refractivity (Wildman–Crippen MR) is 101 cm³/mol. The number of imide groups is 1. The number of nitrogens with two attached hydrogens (primary N) is 1. The Balaban J connectivity index is 1.38. The molecule has 6 nitrogen and oxygen atoms in total. The van der Waals surface area contributed by atoms with E-state index in [0.717, 1.165) is 24.2 Å². The Morgan fingerprint density at radius 3 is 2.30 bits per heavy atom. The average Bonchev–Trinajstić information content (AvgIpc) is 3.24. The zero-order chi connectivity index (χ0) is 18.8. The van der Waals surface area contributed by atoms with Crippen molar-refractivity contribution in [2.45, 2.75) is 31.8 Å². The minimum absolute atomic E-state index is 0.157. The largest absolute Gasteiger partial charge is 0.332 e. The smallest absolute Gasteiger partial charge is 0.292 e. The van der Waals surface area contributed by atoms with Gasteiger partial charge in [-0.1, -0.05) is 30.3 Å². The van der Waals surface area contributed by atoms with Crippen molar-refractivity contribution in [3.63, 3.8) is 0 Å². The quantitative estimate of drug-likeness (QED) is 0.811. The molecule has 0 aliphatic carbocycles. The number of para-hydroxylation sites is 1. The van der Waals surface area contributed by atoms with E-state index in [1.807, 2.05) is 52.7 Å². The van der Waals surface area contributed by atoms with Gasteiger partial charge in [0.1, 0.15) is 6.54 Å². The molecule has 0 radical (unpaired) electrons. The van der Waals surface area contributed by atoms with E-state index in [1.165, 1.54) is 4.90 Å². The SMILES string of the molecule is O=C1CCCN1c1ccc(C[NH2+][C@@H]2CC(=O)N(c3ccccc3)C2=O)cc1. The molecule has 2 aliphatic rings. The van der Waals surface area contributed by atoms with Gasteiger partial charge >= 0.3 is 0 Å². The highest BCUT2D eigenvalue weighted by molar-refractivity contribution is 6.21. The minimum atomic E-state index is -0.391. The Morgan fingerprint density at radius 1 is 0.889 bits per heavy atom. The number of anilines is 2. The molecular formula is C21H22N3O3+. The van der Waals surface area contributed by atoms with Crippen LogP contribution in [0.1, 0.15) is 24.8 Å². The predicted octanol–water partition coefficient (Wildman–Crippen LogP) is 1.21. The van der Waals surface area contributed by atoms with Gasteiger partial charge in [-0.15, -0.1) is 0 Å². The van der Waals surface area contributed by atoms with Gasteiger partial charge in [-0.3, -0.25) is 14.4 Å². The maximum atomic E-state index is 12.6. The maximum absolute atomic E-state index is 12.6. The molecule has 27 heavy (non-hydrogen) atoms.